The minimum Gasteiger partial charge on any atom is -0.464 e. The Kier molecular flexibility index (Phi) is 4.22. The molecule has 0 aliphatic rings. The third-order valence-corrected chi connectivity index (χ3v) is 3.28. The van der Waals surface area contributed by atoms with Gasteiger partial charge in [0, 0.05) is 20.0 Å². The highest BCUT2D eigenvalue weighted by Gasteiger charge is 2.21. The van der Waals surface area contributed by atoms with Crippen LogP contribution in [-0.4, -0.2) is 13.6 Å². The molecule has 0 fully saturated rings. The smallest absolute Gasteiger partial charge is 0.146 e. The lowest BCUT2D eigenvalue weighted by molar-refractivity contribution is 0.430. The highest BCUT2D eigenvalue weighted by atomic mass is 19.1. The van der Waals surface area contributed by atoms with Crippen molar-refractivity contribution in [1.82, 2.24) is 0 Å². The van der Waals surface area contributed by atoms with E-state index in [2.05, 4.69) is 0 Å². The van der Waals surface area contributed by atoms with E-state index in [1.165, 1.54) is 6.07 Å². The topological polar surface area (TPSA) is 42.4 Å². The fourth-order valence-electron chi connectivity index (χ4n) is 2.13. The van der Waals surface area contributed by atoms with Gasteiger partial charge in [-0.2, -0.15) is 0 Å². The zero-order valence-corrected chi connectivity index (χ0v) is 11.3. The second kappa shape index (κ2) is 5.89. The fourth-order valence-corrected chi connectivity index (χ4v) is 2.13. The molecule has 0 aliphatic heterocycles. The molecule has 0 amide bonds. The van der Waals surface area contributed by atoms with Gasteiger partial charge >= 0.3 is 0 Å². The first-order chi connectivity index (χ1) is 9.17. The minimum atomic E-state index is -0.259. The van der Waals surface area contributed by atoms with Crippen molar-refractivity contribution in [2.45, 2.75) is 19.4 Å². The van der Waals surface area contributed by atoms with E-state index in [1.807, 2.05) is 37.1 Å². The summed E-state index contributed by atoms with van der Waals surface area (Å²) in [5.74, 6) is 1.42. The normalized spacial score (nSPS) is 12.4. The van der Waals surface area contributed by atoms with Gasteiger partial charge in [0.1, 0.15) is 17.3 Å². The maximum Gasteiger partial charge on any atom is 0.146 e. The van der Waals surface area contributed by atoms with E-state index in [0.717, 1.165) is 17.9 Å². The van der Waals surface area contributed by atoms with E-state index in [0.29, 0.717) is 12.2 Å². The van der Waals surface area contributed by atoms with Crippen molar-refractivity contribution in [1.29, 1.82) is 0 Å². The molecular formula is C15H19FN2O. The van der Waals surface area contributed by atoms with Crippen LogP contribution in [-0.2, 0) is 6.42 Å². The van der Waals surface area contributed by atoms with Gasteiger partial charge in [-0.3, -0.25) is 0 Å². The van der Waals surface area contributed by atoms with Gasteiger partial charge in [0.05, 0.1) is 11.7 Å². The van der Waals surface area contributed by atoms with Crippen LogP contribution in [0.25, 0.3) is 0 Å². The third-order valence-electron chi connectivity index (χ3n) is 3.28. The van der Waals surface area contributed by atoms with Crippen molar-refractivity contribution >= 4 is 5.69 Å². The number of para-hydroxylation sites is 1. The number of nitrogens with zero attached hydrogens (tertiary/aromatic N) is 1. The van der Waals surface area contributed by atoms with Crippen LogP contribution in [0.2, 0.25) is 0 Å². The Morgan fingerprint density at radius 1 is 1.26 bits per heavy atom. The van der Waals surface area contributed by atoms with Gasteiger partial charge in [-0.1, -0.05) is 19.1 Å². The highest BCUT2D eigenvalue weighted by Crippen LogP contribution is 2.28. The Labute approximate surface area is 112 Å². The molecule has 2 aromatic rings. The minimum absolute atomic E-state index is 0.169. The van der Waals surface area contributed by atoms with E-state index < -0.39 is 0 Å². The summed E-state index contributed by atoms with van der Waals surface area (Å²) in [5, 5.41) is 0. The molecule has 2 rings (SSSR count). The molecular weight excluding hydrogens is 243 g/mol. The third kappa shape index (κ3) is 2.79. The summed E-state index contributed by atoms with van der Waals surface area (Å²) in [5.41, 5.74) is 6.34. The number of likely N-dealkylation sites (N-methyl/N-ethyl adjacent to an activating group) is 1. The summed E-state index contributed by atoms with van der Waals surface area (Å²) in [4.78, 5) is 1.81. The number of aryl methyl sites for hydroxylation is 1. The van der Waals surface area contributed by atoms with Crippen molar-refractivity contribution in [3.05, 3.63) is 53.7 Å². The number of hydrogen-bond donors (Lipinski definition) is 1. The second-order valence-corrected chi connectivity index (χ2v) is 4.47. The quantitative estimate of drug-likeness (QED) is 0.900. The van der Waals surface area contributed by atoms with Crippen molar-refractivity contribution < 1.29 is 8.81 Å². The molecule has 0 bridgehead atoms. The number of anilines is 1. The highest BCUT2D eigenvalue weighted by molar-refractivity contribution is 5.48. The second-order valence-electron chi connectivity index (χ2n) is 4.47. The molecule has 1 unspecified atom stereocenters. The predicted molar refractivity (Wildman–Crippen MR) is 74.7 cm³/mol. The first-order valence-corrected chi connectivity index (χ1v) is 6.43. The fraction of sp³-hybridized carbons (Fsp3) is 0.333. The van der Waals surface area contributed by atoms with Gasteiger partial charge < -0.3 is 15.1 Å². The molecule has 1 aromatic carbocycles. The van der Waals surface area contributed by atoms with E-state index >= 15 is 0 Å². The zero-order chi connectivity index (χ0) is 13.8. The zero-order valence-electron chi connectivity index (χ0n) is 11.3. The molecule has 2 N–H and O–H groups in total. The van der Waals surface area contributed by atoms with Crippen LogP contribution in [0.4, 0.5) is 10.1 Å². The first kappa shape index (κ1) is 13.6. The number of rotatable bonds is 5. The van der Waals surface area contributed by atoms with Crippen LogP contribution < -0.4 is 10.6 Å². The van der Waals surface area contributed by atoms with Gasteiger partial charge in [0.15, 0.2) is 0 Å². The lowest BCUT2D eigenvalue weighted by Gasteiger charge is -2.27. The van der Waals surface area contributed by atoms with Crippen LogP contribution in [0.3, 0.4) is 0 Å². The van der Waals surface area contributed by atoms with Gasteiger partial charge in [-0.25, -0.2) is 4.39 Å². The Morgan fingerprint density at radius 2 is 2.00 bits per heavy atom. The van der Waals surface area contributed by atoms with Crippen molar-refractivity contribution in [3.63, 3.8) is 0 Å². The molecule has 4 heteroatoms. The van der Waals surface area contributed by atoms with Crippen LogP contribution in [0.5, 0.6) is 0 Å². The Balaban J connectivity index is 2.29. The summed E-state index contributed by atoms with van der Waals surface area (Å²) in [6, 6.07) is 10.3. The molecule has 1 aromatic heterocycles. The van der Waals surface area contributed by atoms with Gasteiger partial charge in [-0.05, 0) is 24.3 Å². The van der Waals surface area contributed by atoms with Crippen molar-refractivity contribution in [3.8, 4) is 0 Å². The number of furan rings is 1. The van der Waals surface area contributed by atoms with Gasteiger partial charge in [-0.15, -0.1) is 0 Å². The molecule has 0 spiro atoms. The number of halogens is 1. The molecule has 3 nitrogen and oxygen atoms in total. The lowest BCUT2D eigenvalue weighted by atomic mass is 10.1. The Bertz CT molecular complexity index is 538. The maximum atomic E-state index is 13.8. The standard InChI is InChI=1S/C15H19FN2O/c1-3-11-8-9-15(19-11)14(10-17)18(2)13-7-5-4-6-12(13)16/h4-9,14H,3,10,17H2,1-2H3. The van der Waals surface area contributed by atoms with Crippen molar-refractivity contribution in [2.24, 2.45) is 5.73 Å². The Morgan fingerprint density at radius 3 is 2.58 bits per heavy atom. The molecule has 1 atom stereocenters. The number of nitrogens with two attached hydrogens (primary N) is 1. The summed E-state index contributed by atoms with van der Waals surface area (Å²) in [7, 11) is 1.82. The molecule has 1 heterocycles. The Hall–Kier alpha value is -1.81. The molecule has 0 radical (unpaired) electrons. The number of benzene rings is 1. The summed E-state index contributed by atoms with van der Waals surface area (Å²) in [6.07, 6.45) is 0.834. The maximum absolute atomic E-state index is 13.8. The molecule has 0 saturated heterocycles. The summed E-state index contributed by atoms with van der Waals surface area (Å²) < 4.78 is 19.5. The van der Waals surface area contributed by atoms with Gasteiger partial charge in [0.25, 0.3) is 0 Å². The monoisotopic (exact) mass is 262 g/mol. The number of hydrogen-bond acceptors (Lipinski definition) is 3. The summed E-state index contributed by atoms with van der Waals surface area (Å²) >= 11 is 0. The van der Waals surface area contributed by atoms with E-state index in [1.54, 1.807) is 12.1 Å². The van der Waals surface area contributed by atoms with E-state index in [-0.39, 0.29) is 11.9 Å². The average Bonchev–Trinajstić information content (AvgIpc) is 2.88. The van der Waals surface area contributed by atoms with Crippen LogP contribution in [0.15, 0.2) is 40.8 Å². The first-order valence-electron chi connectivity index (χ1n) is 6.43. The van der Waals surface area contributed by atoms with Crippen LogP contribution >= 0.6 is 0 Å². The molecule has 0 aliphatic carbocycles. The average molecular weight is 262 g/mol. The van der Waals surface area contributed by atoms with E-state index in [9.17, 15) is 4.39 Å². The van der Waals surface area contributed by atoms with Crippen molar-refractivity contribution in [2.75, 3.05) is 18.5 Å². The lowest BCUT2D eigenvalue weighted by Crippen LogP contribution is -2.30. The molecule has 102 valence electrons. The summed E-state index contributed by atoms with van der Waals surface area (Å²) in [6.45, 7) is 2.39. The predicted octanol–water partition coefficient (Wildman–Crippen LogP) is 3.12. The van der Waals surface area contributed by atoms with E-state index in [4.69, 9.17) is 10.2 Å². The van der Waals surface area contributed by atoms with Crippen LogP contribution in [0.1, 0.15) is 24.5 Å². The molecule has 19 heavy (non-hydrogen) atoms. The van der Waals surface area contributed by atoms with Crippen LogP contribution in [0, 0.1) is 5.82 Å². The van der Waals surface area contributed by atoms with Gasteiger partial charge in [0.2, 0.25) is 0 Å². The SMILES string of the molecule is CCc1ccc(C(CN)N(C)c2ccccc2F)o1. The molecule has 0 saturated carbocycles. The largest absolute Gasteiger partial charge is 0.464 e.